The molecule has 1 aromatic rings. The Morgan fingerprint density at radius 2 is 2.00 bits per heavy atom. The van der Waals surface area contributed by atoms with Gasteiger partial charge in [0, 0.05) is 26.5 Å². The second-order valence-corrected chi connectivity index (χ2v) is 4.67. The summed E-state index contributed by atoms with van der Waals surface area (Å²) in [6, 6.07) is 8.42. The van der Waals surface area contributed by atoms with Crippen LogP contribution in [0.3, 0.4) is 0 Å². The molecular weight excluding hydrogens is 230 g/mol. The molecule has 0 bridgehead atoms. The van der Waals surface area contributed by atoms with Crippen LogP contribution in [0.15, 0.2) is 24.3 Å². The van der Waals surface area contributed by atoms with Crippen molar-refractivity contribution in [3.8, 4) is 0 Å². The molecule has 1 aliphatic rings. The molecule has 0 amide bonds. The summed E-state index contributed by atoms with van der Waals surface area (Å²) in [6.45, 7) is 1.75. The molecule has 4 nitrogen and oxygen atoms in total. The molecule has 0 spiro atoms. The minimum atomic E-state index is -0.443. The smallest absolute Gasteiger partial charge is 0.203 e. The summed E-state index contributed by atoms with van der Waals surface area (Å²) in [5.41, 5.74) is 2.45. The van der Waals surface area contributed by atoms with Gasteiger partial charge in [0.05, 0.1) is 13.1 Å². The third-order valence-electron chi connectivity index (χ3n) is 3.51. The van der Waals surface area contributed by atoms with Gasteiger partial charge in [-0.15, -0.1) is 0 Å². The first-order valence-electron chi connectivity index (χ1n) is 6.28. The molecule has 0 aliphatic carbocycles. The normalized spacial score (nSPS) is 17.6. The summed E-state index contributed by atoms with van der Waals surface area (Å²) in [5, 5.41) is 8.85. The van der Waals surface area contributed by atoms with E-state index in [1.165, 1.54) is 11.3 Å². The lowest BCUT2D eigenvalue weighted by Gasteiger charge is -2.48. The van der Waals surface area contributed by atoms with Gasteiger partial charge in [0.15, 0.2) is 0 Å². The lowest BCUT2D eigenvalue weighted by atomic mass is 10.0. The SMILES string of the molecule is COC1(OC)CN(c2cccc(CCCO)c2)C1. The van der Waals surface area contributed by atoms with Crippen molar-refractivity contribution >= 4 is 5.69 Å². The van der Waals surface area contributed by atoms with Crippen molar-refractivity contribution in [1.82, 2.24) is 0 Å². The molecule has 1 saturated heterocycles. The Balaban J connectivity index is 1.98. The van der Waals surface area contributed by atoms with Gasteiger partial charge in [-0.1, -0.05) is 12.1 Å². The van der Waals surface area contributed by atoms with E-state index in [0.717, 1.165) is 25.9 Å². The van der Waals surface area contributed by atoms with Gasteiger partial charge in [-0.3, -0.25) is 0 Å². The highest BCUT2D eigenvalue weighted by molar-refractivity contribution is 5.51. The average Bonchev–Trinajstić information content (AvgIpc) is 2.37. The summed E-state index contributed by atoms with van der Waals surface area (Å²) < 4.78 is 10.7. The highest BCUT2D eigenvalue weighted by Gasteiger charge is 2.43. The fourth-order valence-corrected chi connectivity index (χ4v) is 2.25. The van der Waals surface area contributed by atoms with Gasteiger partial charge in [-0.25, -0.2) is 0 Å². The maximum absolute atomic E-state index is 8.85. The Labute approximate surface area is 108 Å². The van der Waals surface area contributed by atoms with E-state index in [0.29, 0.717) is 0 Å². The largest absolute Gasteiger partial charge is 0.396 e. The number of anilines is 1. The van der Waals surface area contributed by atoms with E-state index >= 15 is 0 Å². The van der Waals surface area contributed by atoms with Crippen molar-refractivity contribution in [3.63, 3.8) is 0 Å². The van der Waals surface area contributed by atoms with Crippen molar-refractivity contribution in [2.75, 3.05) is 38.8 Å². The number of benzene rings is 1. The molecule has 1 N–H and O–H groups in total. The molecule has 2 rings (SSSR count). The zero-order valence-corrected chi connectivity index (χ0v) is 11.1. The number of aliphatic hydroxyl groups excluding tert-OH is 1. The third kappa shape index (κ3) is 2.66. The fourth-order valence-electron chi connectivity index (χ4n) is 2.25. The third-order valence-corrected chi connectivity index (χ3v) is 3.51. The summed E-state index contributed by atoms with van der Waals surface area (Å²) in [4.78, 5) is 2.23. The number of nitrogens with zero attached hydrogens (tertiary/aromatic N) is 1. The quantitative estimate of drug-likeness (QED) is 0.776. The number of ether oxygens (including phenoxy) is 2. The van der Waals surface area contributed by atoms with Gasteiger partial charge in [0.25, 0.3) is 0 Å². The molecule has 1 fully saturated rings. The summed E-state index contributed by atoms with van der Waals surface area (Å²) in [7, 11) is 3.36. The molecule has 18 heavy (non-hydrogen) atoms. The van der Waals surface area contributed by atoms with Crippen LogP contribution in [-0.4, -0.2) is 44.8 Å². The van der Waals surface area contributed by atoms with E-state index < -0.39 is 5.79 Å². The molecule has 1 heterocycles. The Kier molecular flexibility index (Phi) is 4.22. The van der Waals surface area contributed by atoms with E-state index in [4.69, 9.17) is 14.6 Å². The first-order valence-corrected chi connectivity index (χ1v) is 6.28. The van der Waals surface area contributed by atoms with Crippen molar-refractivity contribution in [3.05, 3.63) is 29.8 Å². The first-order chi connectivity index (χ1) is 8.73. The molecule has 0 atom stereocenters. The van der Waals surface area contributed by atoms with Crippen LogP contribution >= 0.6 is 0 Å². The molecule has 0 saturated carbocycles. The van der Waals surface area contributed by atoms with Gasteiger partial charge in [-0.2, -0.15) is 0 Å². The Morgan fingerprint density at radius 3 is 2.61 bits per heavy atom. The van der Waals surface area contributed by atoms with Gasteiger partial charge in [0.2, 0.25) is 5.79 Å². The maximum atomic E-state index is 8.85. The van der Waals surface area contributed by atoms with Crippen molar-refractivity contribution in [2.24, 2.45) is 0 Å². The van der Waals surface area contributed by atoms with Crippen molar-refractivity contribution in [2.45, 2.75) is 18.6 Å². The van der Waals surface area contributed by atoms with Crippen LogP contribution in [0, 0.1) is 0 Å². The highest BCUT2D eigenvalue weighted by Crippen LogP contribution is 2.31. The molecular formula is C14H21NO3. The lowest BCUT2D eigenvalue weighted by Crippen LogP contribution is -2.64. The van der Waals surface area contributed by atoms with Crippen LogP contribution < -0.4 is 4.90 Å². The second kappa shape index (κ2) is 5.69. The zero-order chi connectivity index (χ0) is 13.0. The number of rotatable bonds is 6. The number of hydrogen-bond acceptors (Lipinski definition) is 4. The van der Waals surface area contributed by atoms with Crippen molar-refractivity contribution < 1.29 is 14.6 Å². The van der Waals surface area contributed by atoms with Crippen LogP contribution in [0.2, 0.25) is 0 Å². The van der Waals surface area contributed by atoms with Crippen LogP contribution in [0.4, 0.5) is 5.69 Å². The maximum Gasteiger partial charge on any atom is 0.203 e. The highest BCUT2D eigenvalue weighted by atomic mass is 16.7. The number of hydrogen-bond donors (Lipinski definition) is 1. The topological polar surface area (TPSA) is 41.9 Å². The monoisotopic (exact) mass is 251 g/mol. The van der Waals surface area contributed by atoms with E-state index in [1.807, 2.05) is 0 Å². The fraction of sp³-hybridized carbons (Fsp3) is 0.571. The predicted octanol–water partition coefficient (Wildman–Crippen LogP) is 1.42. The van der Waals surface area contributed by atoms with E-state index in [1.54, 1.807) is 14.2 Å². The Morgan fingerprint density at radius 1 is 1.28 bits per heavy atom. The number of aryl methyl sites for hydroxylation is 1. The van der Waals surface area contributed by atoms with E-state index in [9.17, 15) is 0 Å². The molecule has 100 valence electrons. The minimum absolute atomic E-state index is 0.240. The summed E-state index contributed by atoms with van der Waals surface area (Å²) in [5.74, 6) is -0.443. The molecule has 1 aromatic carbocycles. The van der Waals surface area contributed by atoms with E-state index in [-0.39, 0.29) is 6.61 Å². The Bertz CT molecular complexity index is 382. The van der Waals surface area contributed by atoms with Crippen LogP contribution in [0.5, 0.6) is 0 Å². The summed E-state index contributed by atoms with van der Waals surface area (Å²) >= 11 is 0. The second-order valence-electron chi connectivity index (χ2n) is 4.67. The van der Waals surface area contributed by atoms with Gasteiger partial charge in [-0.05, 0) is 30.5 Å². The number of aliphatic hydroxyl groups is 1. The van der Waals surface area contributed by atoms with Gasteiger partial charge in [0.1, 0.15) is 0 Å². The Hall–Kier alpha value is -1.10. The van der Waals surface area contributed by atoms with E-state index in [2.05, 4.69) is 29.2 Å². The lowest BCUT2D eigenvalue weighted by molar-refractivity contribution is -0.219. The van der Waals surface area contributed by atoms with Crippen molar-refractivity contribution in [1.29, 1.82) is 0 Å². The van der Waals surface area contributed by atoms with Crippen LogP contribution in [0.25, 0.3) is 0 Å². The molecule has 4 heteroatoms. The summed E-state index contributed by atoms with van der Waals surface area (Å²) in [6.07, 6.45) is 1.72. The van der Waals surface area contributed by atoms with Gasteiger partial charge >= 0.3 is 0 Å². The predicted molar refractivity (Wildman–Crippen MR) is 70.8 cm³/mol. The van der Waals surface area contributed by atoms with Crippen LogP contribution in [-0.2, 0) is 15.9 Å². The minimum Gasteiger partial charge on any atom is -0.396 e. The zero-order valence-electron chi connectivity index (χ0n) is 11.1. The molecule has 1 aliphatic heterocycles. The molecule has 0 radical (unpaired) electrons. The van der Waals surface area contributed by atoms with Crippen LogP contribution in [0.1, 0.15) is 12.0 Å². The molecule has 0 aromatic heterocycles. The van der Waals surface area contributed by atoms with Gasteiger partial charge < -0.3 is 19.5 Å². The average molecular weight is 251 g/mol. The standard InChI is InChI=1S/C14H21NO3/c1-17-14(18-2)10-15(11-14)13-7-3-5-12(9-13)6-4-8-16/h3,5,7,9,16H,4,6,8,10-11H2,1-2H3. The first kappa shape index (κ1) is 13.3. The number of methoxy groups -OCH3 is 2. The molecule has 0 unspecified atom stereocenters.